The summed E-state index contributed by atoms with van der Waals surface area (Å²) in [6, 6.07) is 3.46. The number of nitrogens with zero attached hydrogens (tertiary/aromatic N) is 1. The van der Waals surface area contributed by atoms with Crippen LogP contribution < -0.4 is 14.9 Å². The number of fused-ring (bicyclic) bond motifs is 2. The fourth-order valence-corrected chi connectivity index (χ4v) is 4.32. The fraction of sp³-hybridized carbons (Fsp3) is 0.529. The Kier molecular flexibility index (Phi) is 3.48. The van der Waals surface area contributed by atoms with Gasteiger partial charge in [0.05, 0.1) is 11.2 Å². The number of carbonyl (C=O) groups is 1. The molecule has 1 heterocycles. The average Bonchev–Trinajstić information content (AvgIpc) is 2.91. The topological polar surface area (TPSA) is 59.9 Å². The van der Waals surface area contributed by atoms with E-state index in [-0.39, 0.29) is 24.0 Å². The lowest BCUT2D eigenvalue weighted by Gasteiger charge is -2.15. The predicted molar refractivity (Wildman–Crippen MR) is 86.9 cm³/mol. The molecule has 2 aliphatic carbocycles. The molecule has 122 valence electrons. The van der Waals surface area contributed by atoms with Crippen LogP contribution in [-0.2, 0) is 4.79 Å². The Morgan fingerprint density at radius 2 is 2.17 bits per heavy atom. The number of hydrazone groups is 1. The third-order valence-corrected chi connectivity index (χ3v) is 5.81. The van der Waals surface area contributed by atoms with Crippen molar-refractivity contribution in [2.24, 2.45) is 22.4 Å². The number of hydrogen-bond acceptors (Lipinski definition) is 4. The van der Waals surface area contributed by atoms with Gasteiger partial charge in [0.2, 0.25) is 12.7 Å². The van der Waals surface area contributed by atoms with Crippen LogP contribution in [0.1, 0.15) is 38.2 Å². The Labute approximate surface area is 140 Å². The number of carbonyl (C=O) groups excluding carboxylic acids is 1. The highest BCUT2D eigenvalue weighted by atomic mass is 35.5. The molecule has 1 N–H and O–H groups in total. The molecule has 3 atom stereocenters. The zero-order valence-corrected chi connectivity index (χ0v) is 13.7. The Bertz CT molecular complexity index is 691. The van der Waals surface area contributed by atoms with Crippen molar-refractivity contribution in [3.05, 3.63) is 22.7 Å². The molecular weight excluding hydrogens is 316 g/mol. The normalized spacial score (nSPS) is 31.0. The predicted octanol–water partition coefficient (Wildman–Crippen LogP) is 3.35. The summed E-state index contributed by atoms with van der Waals surface area (Å²) in [6.45, 7) is 2.42. The van der Waals surface area contributed by atoms with E-state index in [4.69, 9.17) is 21.1 Å². The highest BCUT2D eigenvalue weighted by Crippen LogP contribution is 2.66. The molecule has 1 amide bonds. The van der Waals surface area contributed by atoms with Crippen LogP contribution >= 0.6 is 11.6 Å². The summed E-state index contributed by atoms with van der Waals surface area (Å²) in [5.41, 5.74) is 3.55. The van der Waals surface area contributed by atoms with Crippen LogP contribution in [0.4, 0.5) is 0 Å². The molecule has 2 saturated carbocycles. The standard InChI is InChI=1S/C17H19ClN2O3/c1-17-5-3-2-4-11(17)15(17)16(21)20-19-8-10-6-13-14(7-12(10)18)23-9-22-13/h6-8,11,15H,2-5,9H2,1H3,(H,20,21)/b19-8+. The first-order valence-electron chi connectivity index (χ1n) is 8.02. The Morgan fingerprint density at radius 1 is 1.39 bits per heavy atom. The van der Waals surface area contributed by atoms with Crippen molar-refractivity contribution in [1.29, 1.82) is 0 Å². The second-order valence-electron chi connectivity index (χ2n) is 6.80. The van der Waals surface area contributed by atoms with E-state index < -0.39 is 0 Å². The molecule has 0 bridgehead atoms. The largest absolute Gasteiger partial charge is 0.454 e. The van der Waals surface area contributed by atoms with Gasteiger partial charge in [0, 0.05) is 17.5 Å². The smallest absolute Gasteiger partial charge is 0.244 e. The van der Waals surface area contributed by atoms with Gasteiger partial charge in [-0.1, -0.05) is 31.4 Å². The molecule has 1 aromatic carbocycles. The van der Waals surface area contributed by atoms with E-state index in [0.29, 0.717) is 28.0 Å². The second-order valence-corrected chi connectivity index (χ2v) is 7.20. The minimum atomic E-state index is 0.0208. The molecule has 1 aliphatic heterocycles. The molecule has 5 nitrogen and oxygen atoms in total. The molecule has 2 fully saturated rings. The van der Waals surface area contributed by atoms with Crippen LogP contribution in [0, 0.1) is 17.3 Å². The van der Waals surface area contributed by atoms with E-state index in [1.807, 2.05) is 0 Å². The first-order chi connectivity index (χ1) is 11.1. The van der Waals surface area contributed by atoms with Gasteiger partial charge in [-0.05, 0) is 30.2 Å². The number of halogens is 1. The van der Waals surface area contributed by atoms with E-state index in [1.54, 1.807) is 18.3 Å². The number of rotatable bonds is 3. The quantitative estimate of drug-likeness (QED) is 0.681. The lowest BCUT2D eigenvalue weighted by Crippen LogP contribution is -2.22. The summed E-state index contributed by atoms with van der Waals surface area (Å²) >= 11 is 6.18. The molecule has 23 heavy (non-hydrogen) atoms. The minimum absolute atomic E-state index is 0.0208. The molecule has 6 heteroatoms. The molecule has 4 rings (SSSR count). The molecule has 0 spiro atoms. The highest BCUT2D eigenvalue weighted by Gasteiger charge is 2.64. The minimum Gasteiger partial charge on any atom is -0.454 e. The summed E-state index contributed by atoms with van der Waals surface area (Å²) in [5.74, 6) is 1.93. The van der Waals surface area contributed by atoms with Crippen molar-refractivity contribution in [1.82, 2.24) is 5.43 Å². The molecule has 3 aliphatic rings. The van der Waals surface area contributed by atoms with Gasteiger partial charge in [0.15, 0.2) is 11.5 Å². The first-order valence-corrected chi connectivity index (χ1v) is 8.39. The molecular formula is C17H19ClN2O3. The van der Waals surface area contributed by atoms with Crippen LogP contribution in [-0.4, -0.2) is 18.9 Å². The van der Waals surface area contributed by atoms with Gasteiger partial charge in [0.25, 0.3) is 0 Å². The van der Waals surface area contributed by atoms with Crippen molar-refractivity contribution in [3.8, 4) is 11.5 Å². The maximum absolute atomic E-state index is 12.3. The van der Waals surface area contributed by atoms with E-state index in [2.05, 4.69) is 17.5 Å². The lowest BCUT2D eigenvalue weighted by atomic mass is 9.90. The lowest BCUT2D eigenvalue weighted by molar-refractivity contribution is -0.123. The molecule has 3 unspecified atom stereocenters. The molecule has 0 aromatic heterocycles. The third kappa shape index (κ3) is 2.47. The monoisotopic (exact) mass is 334 g/mol. The van der Waals surface area contributed by atoms with Gasteiger partial charge >= 0.3 is 0 Å². The number of amides is 1. The highest BCUT2D eigenvalue weighted by molar-refractivity contribution is 6.33. The Hall–Kier alpha value is -1.75. The Morgan fingerprint density at radius 3 is 2.91 bits per heavy atom. The molecule has 0 saturated heterocycles. The SMILES string of the molecule is CC12CCCCC1C2C(=O)N/N=C/c1cc2c(cc1Cl)OCO2. The second kappa shape index (κ2) is 5.41. The number of hydrogen-bond donors (Lipinski definition) is 1. The van der Waals surface area contributed by atoms with Crippen LogP contribution in [0.15, 0.2) is 17.2 Å². The van der Waals surface area contributed by atoms with Crippen LogP contribution in [0.5, 0.6) is 11.5 Å². The summed E-state index contributed by atoms with van der Waals surface area (Å²) in [4.78, 5) is 12.3. The fourth-order valence-electron chi connectivity index (χ4n) is 4.12. The van der Waals surface area contributed by atoms with Crippen LogP contribution in [0.25, 0.3) is 0 Å². The van der Waals surface area contributed by atoms with Gasteiger partial charge < -0.3 is 9.47 Å². The maximum Gasteiger partial charge on any atom is 0.244 e. The zero-order valence-electron chi connectivity index (χ0n) is 13.0. The molecule has 0 radical (unpaired) electrons. The number of ether oxygens (including phenoxy) is 2. The van der Waals surface area contributed by atoms with E-state index >= 15 is 0 Å². The van der Waals surface area contributed by atoms with Gasteiger partial charge in [-0.3, -0.25) is 4.79 Å². The van der Waals surface area contributed by atoms with Crippen LogP contribution in [0.3, 0.4) is 0 Å². The van der Waals surface area contributed by atoms with Gasteiger partial charge in [-0.2, -0.15) is 5.10 Å². The van der Waals surface area contributed by atoms with Crippen molar-refractivity contribution in [2.75, 3.05) is 6.79 Å². The van der Waals surface area contributed by atoms with E-state index in [0.717, 1.165) is 12.8 Å². The van der Waals surface area contributed by atoms with E-state index in [1.165, 1.54) is 12.8 Å². The van der Waals surface area contributed by atoms with Crippen molar-refractivity contribution in [3.63, 3.8) is 0 Å². The summed E-state index contributed by atoms with van der Waals surface area (Å²) in [5, 5.41) is 4.59. The van der Waals surface area contributed by atoms with Crippen molar-refractivity contribution in [2.45, 2.75) is 32.6 Å². The van der Waals surface area contributed by atoms with Crippen molar-refractivity contribution < 1.29 is 14.3 Å². The first kappa shape index (κ1) is 14.8. The van der Waals surface area contributed by atoms with Gasteiger partial charge in [0.1, 0.15) is 0 Å². The maximum atomic E-state index is 12.3. The number of benzene rings is 1. The zero-order chi connectivity index (χ0) is 16.0. The third-order valence-electron chi connectivity index (χ3n) is 5.48. The summed E-state index contributed by atoms with van der Waals surface area (Å²) < 4.78 is 10.6. The van der Waals surface area contributed by atoms with Gasteiger partial charge in [-0.25, -0.2) is 5.43 Å². The number of nitrogens with one attached hydrogen (secondary N) is 1. The van der Waals surface area contributed by atoms with Crippen LogP contribution in [0.2, 0.25) is 5.02 Å². The van der Waals surface area contributed by atoms with E-state index in [9.17, 15) is 4.79 Å². The average molecular weight is 335 g/mol. The summed E-state index contributed by atoms with van der Waals surface area (Å²) in [7, 11) is 0. The summed E-state index contributed by atoms with van der Waals surface area (Å²) in [6.07, 6.45) is 6.32. The van der Waals surface area contributed by atoms with Crippen molar-refractivity contribution >= 4 is 23.7 Å². The Balaban J connectivity index is 1.41. The molecule has 1 aromatic rings. The van der Waals surface area contributed by atoms with Gasteiger partial charge in [-0.15, -0.1) is 0 Å².